The van der Waals surface area contributed by atoms with E-state index in [1.165, 1.54) is 0 Å². The molecule has 1 saturated heterocycles. The van der Waals surface area contributed by atoms with Gasteiger partial charge in [-0.15, -0.1) is 0 Å². The maximum absolute atomic E-state index is 12.3. The van der Waals surface area contributed by atoms with Crippen LogP contribution in [0.1, 0.15) is 17.5 Å². The Labute approximate surface area is 171 Å². The number of carbonyl (C=O) groups is 1. The fourth-order valence-corrected chi connectivity index (χ4v) is 3.52. The summed E-state index contributed by atoms with van der Waals surface area (Å²) in [4.78, 5) is 16.8. The van der Waals surface area contributed by atoms with Crippen LogP contribution in [0.15, 0.2) is 48.5 Å². The molecule has 2 aromatic carbocycles. The van der Waals surface area contributed by atoms with Gasteiger partial charge in [-0.25, -0.2) is 0 Å². The van der Waals surface area contributed by atoms with Crippen molar-refractivity contribution >= 4 is 23.2 Å². The van der Waals surface area contributed by atoms with Crippen molar-refractivity contribution in [3.8, 4) is 6.07 Å². The summed E-state index contributed by atoms with van der Waals surface area (Å²) in [5.41, 5.74) is 2.97. The molecule has 0 aliphatic carbocycles. The van der Waals surface area contributed by atoms with E-state index in [0.717, 1.165) is 55.3 Å². The fourth-order valence-electron chi connectivity index (χ4n) is 3.39. The van der Waals surface area contributed by atoms with Crippen LogP contribution < -0.4 is 10.2 Å². The number of anilines is 1. The highest BCUT2D eigenvalue weighted by Gasteiger charge is 2.17. The van der Waals surface area contributed by atoms with Crippen molar-refractivity contribution in [1.29, 1.82) is 5.26 Å². The Bertz CT molecular complexity index is 814. The van der Waals surface area contributed by atoms with Crippen molar-refractivity contribution in [2.45, 2.75) is 12.8 Å². The van der Waals surface area contributed by atoms with Gasteiger partial charge in [-0.3, -0.25) is 9.69 Å². The Morgan fingerprint density at radius 1 is 1.04 bits per heavy atom. The van der Waals surface area contributed by atoms with Gasteiger partial charge in [0.15, 0.2) is 0 Å². The molecule has 1 heterocycles. The molecular weight excluding hydrogens is 372 g/mol. The maximum Gasteiger partial charge on any atom is 0.234 e. The Morgan fingerprint density at radius 3 is 2.50 bits per heavy atom. The first-order chi connectivity index (χ1) is 13.6. The van der Waals surface area contributed by atoms with Crippen LogP contribution in [-0.2, 0) is 11.2 Å². The first-order valence-corrected chi connectivity index (χ1v) is 10.0. The molecule has 0 bridgehead atoms. The van der Waals surface area contributed by atoms with Crippen molar-refractivity contribution in [2.75, 3.05) is 44.2 Å². The third kappa shape index (κ3) is 5.98. The number of hydrogen-bond acceptors (Lipinski definition) is 4. The molecule has 1 amide bonds. The van der Waals surface area contributed by atoms with Gasteiger partial charge in [0.1, 0.15) is 0 Å². The Kier molecular flexibility index (Phi) is 7.30. The molecule has 28 heavy (non-hydrogen) atoms. The first-order valence-electron chi connectivity index (χ1n) is 9.62. The van der Waals surface area contributed by atoms with Crippen LogP contribution in [0, 0.1) is 11.3 Å². The van der Waals surface area contributed by atoms with E-state index < -0.39 is 0 Å². The lowest BCUT2D eigenvalue weighted by Crippen LogP contribution is -2.39. The highest BCUT2D eigenvalue weighted by atomic mass is 35.5. The zero-order chi connectivity index (χ0) is 19.8. The Hall–Kier alpha value is -2.55. The highest BCUT2D eigenvalue weighted by molar-refractivity contribution is 6.30. The summed E-state index contributed by atoms with van der Waals surface area (Å²) in [6.45, 7) is 4.67. The summed E-state index contributed by atoms with van der Waals surface area (Å²) in [6, 6.07) is 17.6. The van der Waals surface area contributed by atoms with Crippen LogP contribution in [0.2, 0.25) is 5.02 Å². The molecule has 0 saturated carbocycles. The lowest BCUT2D eigenvalue weighted by molar-refractivity contribution is -0.122. The number of carbonyl (C=O) groups excluding carboxylic acids is 1. The SMILES string of the molecule is N#Cc1ccc(N2CCCN(CC(=O)NCCc3ccc(Cl)cc3)CC2)cc1. The summed E-state index contributed by atoms with van der Waals surface area (Å²) in [5, 5.41) is 12.7. The number of nitriles is 1. The van der Waals surface area contributed by atoms with Gasteiger partial charge in [0.25, 0.3) is 0 Å². The van der Waals surface area contributed by atoms with Gasteiger partial charge in [0.05, 0.1) is 18.2 Å². The lowest BCUT2D eigenvalue weighted by atomic mass is 10.1. The summed E-state index contributed by atoms with van der Waals surface area (Å²) in [6.07, 6.45) is 1.81. The number of hydrogen-bond donors (Lipinski definition) is 1. The van der Waals surface area contributed by atoms with E-state index in [1.54, 1.807) is 0 Å². The van der Waals surface area contributed by atoms with Crippen LogP contribution in [0.4, 0.5) is 5.69 Å². The lowest BCUT2D eigenvalue weighted by Gasteiger charge is -2.23. The number of nitrogens with one attached hydrogen (secondary N) is 1. The molecule has 6 heteroatoms. The molecule has 0 aromatic heterocycles. The van der Waals surface area contributed by atoms with Gasteiger partial charge in [0, 0.05) is 43.4 Å². The molecule has 5 nitrogen and oxygen atoms in total. The van der Waals surface area contributed by atoms with Crippen LogP contribution in [0.5, 0.6) is 0 Å². The molecule has 1 N–H and O–H groups in total. The predicted octanol–water partition coefficient (Wildman–Crippen LogP) is 3.08. The second-order valence-electron chi connectivity index (χ2n) is 7.00. The van der Waals surface area contributed by atoms with Crippen molar-refractivity contribution in [1.82, 2.24) is 10.2 Å². The molecular formula is C22H25ClN4O. The summed E-state index contributed by atoms with van der Waals surface area (Å²) < 4.78 is 0. The normalized spacial score (nSPS) is 14.9. The molecule has 0 radical (unpaired) electrons. The number of benzene rings is 2. The zero-order valence-corrected chi connectivity index (χ0v) is 16.7. The van der Waals surface area contributed by atoms with E-state index in [0.29, 0.717) is 18.7 Å². The molecule has 146 valence electrons. The highest BCUT2D eigenvalue weighted by Crippen LogP contribution is 2.17. The minimum absolute atomic E-state index is 0.0702. The molecule has 0 atom stereocenters. The van der Waals surface area contributed by atoms with Crippen LogP contribution >= 0.6 is 11.6 Å². The maximum atomic E-state index is 12.3. The van der Waals surface area contributed by atoms with E-state index in [4.69, 9.17) is 16.9 Å². The largest absolute Gasteiger partial charge is 0.370 e. The van der Waals surface area contributed by atoms with E-state index in [1.807, 2.05) is 48.5 Å². The smallest absolute Gasteiger partial charge is 0.234 e. The molecule has 0 unspecified atom stereocenters. The first kappa shape index (κ1) is 20.2. The second kappa shape index (κ2) is 10.1. The van der Waals surface area contributed by atoms with Gasteiger partial charge in [0.2, 0.25) is 5.91 Å². The third-order valence-electron chi connectivity index (χ3n) is 4.97. The van der Waals surface area contributed by atoms with Crippen LogP contribution in [-0.4, -0.2) is 50.1 Å². The number of amides is 1. The van der Waals surface area contributed by atoms with Crippen molar-refractivity contribution in [3.63, 3.8) is 0 Å². The van der Waals surface area contributed by atoms with Crippen molar-refractivity contribution in [3.05, 3.63) is 64.7 Å². The average Bonchev–Trinajstić information content (AvgIpc) is 2.95. The van der Waals surface area contributed by atoms with E-state index in [-0.39, 0.29) is 5.91 Å². The van der Waals surface area contributed by atoms with Gasteiger partial charge < -0.3 is 10.2 Å². The van der Waals surface area contributed by atoms with E-state index in [9.17, 15) is 4.79 Å². The monoisotopic (exact) mass is 396 g/mol. The molecule has 3 rings (SSSR count). The van der Waals surface area contributed by atoms with E-state index in [2.05, 4.69) is 21.2 Å². The number of rotatable bonds is 6. The topological polar surface area (TPSA) is 59.4 Å². The number of halogens is 1. The van der Waals surface area contributed by atoms with Crippen molar-refractivity contribution in [2.24, 2.45) is 0 Å². The van der Waals surface area contributed by atoms with Crippen LogP contribution in [0.3, 0.4) is 0 Å². The minimum atomic E-state index is 0.0702. The fraction of sp³-hybridized carbons (Fsp3) is 0.364. The average molecular weight is 397 g/mol. The molecule has 2 aromatic rings. The Balaban J connectivity index is 1.41. The molecule has 1 fully saturated rings. The standard InChI is InChI=1S/C22H25ClN4O/c23-20-6-2-18(3-7-20)10-11-25-22(28)17-26-12-1-13-27(15-14-26)21-8-4-19(16-24)5-9-21/h2-9H,1,10-15,17H2,(H,25,28). The van der Waals surface area contributed by atoms with Crippen LogP contribution in [0.25, 0.3) is 0 Å². The molecule has 1 aliphatic heterocycles. The van der Waals surface area contributed by atoms with Gasteiger partial charge in [-0.1, -0.05) is 23.7 Å². The quantitative estimate of drug-likeness (QED) is 0.815. The second-order valence-corrected chi connectivity index (χ2v) is 7.44. The predicted molar refractivity (Wildman–Crippen MR) is 113 cm³/mol. The molecule has 0 spiro atoms. The minimum Gasteiger partial charge on any atom is -0.370 e. The van der Waals surface area contributed by atoms with Gasteiger partial charge in [-0.05, 0) is 54.8 Å². The van der Waals surface area contributed by atoms with Gasteiger partial charge in [-0.2, -0.15) is 5.26 Å². The van der Waals surface area contributed by atoms with Crippen molar-refractivity contribution < 1.29 is 4.79 Å². The Morgan fingerprint density at radius 2 is 1.79 bits per heavy atom. The number of nitrogens with zero attached hydrogens (tertiary/aromatic N) is 3. The summed E-state index contributed by atoms with van der Waals surface area (Å²) >= 11 is 5.89. The van der Waals surface area contributed by atoms with E-state index >= 15 is 0 Å². The summed E-state index contributed by atoms with van der Waals surface area (Å²) in [7, 11) is 0. The summed E-state index contributed by atoms with van der Waals surface area (Å²) in [5.74, 6) is 0.0702. The zero-order valence-electron chi connectivity index (χ0n) is 15.9. The third-order valence-corrected chi connectivity index (χ3v) is 5.22. The van der Waals surface area contributed by atoms with Gasteiger partial charge >= 0.3 is 0 Å². The molecule has 1 aliphatic rings.